The highest BCUT2D eigenvalue weighted by Crippen LogP contribution is 2.08. The predicted molar refractivity (Wildman–Crippen MR) is 75.2 cm³/mol. The highest BCUT2D eigenvalue weighted by atomic mass is 32.1. The van der Waals surface area contributed by atoms with Crippen LogP contribution < -0.4 is 10.6 Å². The summed E-state index contributed by atoms with van der Waals surface area (Å²) in [7, 11) is 0. The number of nitrogens with one attached hydrogen (secondary N) is 2. The van der Waals surface area contributed by atoms with Gasteiger partial charge in [0.05, 0.1) is 4.88 Å². The predicted octanol–water partition coefficient (Wildman–Crippen LogP) is 1.15. The SMILES string of the molecule is CC(C)(CCO)NC(=O)CCNC(=O)c1cccs1. The molecule has 1 aromatic rings. The van der Waals surface area contributed by atoms with E-state index in [2.05, 4.69) is 10.6 Å². The Labute approximate surface area is 117 Å². The van der Waals surface area contributed by atoms with E-state index in [-0.39, 0.29) is 24.8 Å². The Morgan fingerprint density at radius 3 is 2.74 bits per heavy atom. The summed E-state index contributed by atoms with van der Waals surface area (Å²) >= 11 is 1.37. The van der Waals surface area contributed by atoms with Crippen LogP contribution in [-0.4, -0.2) is 35.6 Å². The fourth-order valence-corrected chi connectivity index (χ4v) is 2.21. The number of carbonyl (C=O) groups excluding carboxylic acids is 2. The Bertz CT molecular complexity index is 416. The minimum absolute atomic E-state index is 0.0302. The number of aliphatic hydroxyl groups excluding tert-OH is 1. The van der Waals surface area contributed by atoms with Gasteiger partial charge in [-0.15, -0.1) is 11.3 Å². The molecule has 0 spiro atoms. The highest BCUT2D eigenvalue weighted by Gasteiger charge is 2.19. The standard InChI is InChI=1S/C13H20N2O3S/c1-13(2,6-8-16)15-11(17)5-7-14-12(18)10-4-3-9-19-10/h3-4,9,16H,5-8H2,1-2H3,(H,14,18)(H,15,17). The van der Waals surface area contributed by atoms with Gasteiger partial charge in [0.2, 0.25) is 5.91 Å². The normalized spacial score (nSPS) is 11.1. The lowest BCUT2D eigenvalue weighted by atomic mass is 10.0. The smallest absolute Gasteiger partial charge is 0.261 e. The minimum Gasteiger partial charge on any atom is -0.396 e. The Morgan fingerprint density at radius 1 is 1.42 bits per heavy atom. The van der Waals surface area contributed by atoms with Gasteiger partial charge in [-0.05, 0) is 31.7 Å². The molecule has 1 aromatic heterocycles. The van der Waals surface area contributed by atoms with Crippen LogP contribution in [0.15, 0.2) is 17.5 Å². The van der Waals surface area contributed by atoms with Crippen LogP contribution in [0.4, 0.5) is 0 Å². The summed E-state index contributed by atoms with van der Waals surface area (Å²) in [5.41, 5.74) is -0.427. The van der Waals surface area contributed by atoms with Crippen molar-refractivity contribution in [2.45, 2.75) is 32.2 Å². The zero-order chi connectivity index (χ0) is 14.3. The largest absolute Gasteiger partial charge is 0.396 e. The fraction of sp³-hybridized carbons (Fsp3) is 0.538. The molecule has 3 N–H and O–H groups in total. The number of hydrogen-bond acceptors (Lipinski definition) is 4. The minimum atomic E-state index is -0.427. The van der Waals surface area contributed by atoms with Crippen LogP contribution in [0.25, 0.3) is 0 Å². The van der Waals surface area contributed by atoms with Crippen molar-refractivity contribution in [3.05, 3.63) is 22.4 Å². The van der Waals surface area contributed by atoms with Gasteiger partial charge in [0, 0.05) is 25.1 Å². The van der Waals surface area contributed by atoms with E-state index in [4.69, 9.17) is 5.11 Å². The maximum Gasteiger partial charge on any atom is 0.261 e. The molecular formula is C13H20N2O3S. The van der Waals surface area contributed by atoms with Crippen molar-refractivity contribution in [3.63, 3.8) is 0 Å². The lowest BCUT2D eigenvalue weighted by molar-refractivity contribution is -0.122. The van der Waals surface area contributed by atoms with Crippen LogP contribution in [0.5, 0.6) is 0 Å². The van der Waals surface area contributed by atoms with Crippen LogP contribution in [0.2, 0.25) is 0 Å². The first-order valence-corrected chi connectivity index (χ1v) is 7.06. The van der Waals surface area contributed by atoms with Crippen molar-refractivity contribution in [3.8, 4) is 0 Å². The summed E-state index contributed by atoms with van der Waals surface area (Å²) in [4.78, 5) is 23.9. The van der Waals surface area contributed by atoms with Crippen LogP contribution >= 0.6 is 11.3 Å². The highest BCUT2D eigenvalue weighted by molar-refractivity contribution is 7.12. The lowest BCUT2D eigenvalue weighted by Crippen LogP contribution is -2.45. The maximum absolute atomic E-state index is 11.7. The first-order valence-electron chi connectivity index (χ1n) is 6.18. The van der Waals surface area contributed by atoms with E-state index >= 15 is 0 Å². The molecule has 0 saturated carbocycles. The second-order valence-electron chi connectivity index (χ2n) is 4.89. The molecule has 0 bridgehead atoms. The van der Waals surface area contributed by atoms with Crippen molar-refractivity contribution >= 4 is 23.2 Å². The van der Waals surface area contributed by atoms with Crippen LogP contribution in [0, 0.1) is 0 Å². The van der Waals surface area contributed by atoms with E-state index in [9.17, 15) is 9.59 Å². The molecule has 0 saturated heterocycles. The van der Waals surface area contributed by atoms with E-state index in [0.29, 0.717) is 17.8 Å². The number of hydrogen-bond donors (Lipinski definition) is 3. The average molecular weight is 284 g/mol. The molecular weight excluding hydrogens is 264 g/mol. The van der Waals surface area contributed by atoms with E-state index in [0.717, 1.165) is 0 Å². The Kier molecular flexibility index (Phi) is 5.98. The number of rotatable bonds is 7. The second-order valence-corrected chi connectivity index (χ2v) is 5.84. The second kappa shape index (κ2) is 7.25. The van der Waals surface area contributed by atoms with Gasteiger partial charge in [-0.3, -0.25) is 9.59 Å². The first kappa shape index (κ1) is 15.7. The molecule has 19 heavy (non-hydrogen) atoms. The summed E-state index contributed by atoms with van der Waals surface area (Å²) in [5, 5.41) is 16.2. The topological polar surface area (TPSA) is 78.4 Å². The van der Waals surface area contributed by atoms with Gasteiger partial charge >= 0.3 is 0 Å². The summed E-state index contributed by atoms with van der Waals surface area (Å²) in [5.74, 6) is -0.289. The number of amides is 2. The third-order valence-electron chi connectivity index (χ3n) is 2.60. The monoisotopic (exact) mass is 284 g/mol. The Hall–Kier alpha value is -1.40. The van der Waals surface area contributed by atoms with Gasteiger partial charge in [0.15, 0.2) is 0 Å². The first-order chi connectivity index (χ1) is 8.94. The number of thiophene rings is 1. The quantitative estimate of drug-likeness (QED) is 0.702. The summed E-state index contributed by atoms with van der Waals surface area (Å²) in [6, 6.07) is 3.55. The van der Waals surface area contributed by atoms with Crippen LogP contribution in [0.1, 0.15) is 36.4 Å². The third kappa shape index (κ3) is 5.85. The molecule has 1 heterocycles. The molecule has 1 rings (SSSR count). The third-order valence-corrected chi connectivity index (χ3v) is 3.47. The average Bonchev–Trinajstić information content (AvgIpc) is 2.81. The Morgan fingerprint density at radius 2 is 2.16 bits per heavy atom. The molecule has 0 aliphatic rings. The van der Waals surface area contributed by atoms with Crippen molar-refractivity contribution in [2.75, 3.05) is 13.2 Å². The van der Waals surface area contributed by atoms with Crippen molar-refractivity contribution < 1.29 is 14.7 Å². The van der Waals surface area contributed by atoms with E-state index in [1.807, 2.05) is 25.3 Å². The number of carbonyl (C=O) groups is 2. The zero-order valence-corrected chi connectivity index (χ0v) is 12.0. The van der Waals surface area contributed by atoms with E-state index < -0.39 is 5.54 Å². The van der Waals surface area contributed by atoms with Crippen molar-refractivity contribution in [1.82, 2.24) is 10.6 Å². The Balaban J connectivity index is 2.26. The molecule has 106 valence electrons. The van der Waals surface area contributed by atoms with Gasteiger partial charge in [-0.1, -0.05) is 6.07 Å². The lowest BCUT2D eigenvalue weighted by Gasteiger charge is -2.25. The van der Waals surface area contributed by atoms with Gasteiger partial charge in [-0.25, -0.2) is 0 Å². The van der Waals surface area contributed by atoms with Gasteiger partial charge in [0.25, 0.3) is 5.91 Å². The summed E-state index contributed by atoms with van der Waals surface area (Å²) in [6.07, 6.45) is 0.728. The van der Waals surface area contributed by atoms with Gasteiger partial charge in [-0.2, -0.15) is 0 Å². The molecule has 0 aromatic carbocycles. The van der Waals surface area contributed by atoms with Gasteiger partial charge < -0.3 is 15.7 Å². The van der Waals surface area contributed by atoms with Crippen molar-refractivity contribution in [2.24, 2.45) is 0 Å². The molecule has 0 atom stereocenters. The zero-order valence-electron chi connectivity index (χ0n) is 11.2. The van der Waals surface area contributed by atoms with E-state index in [1.165, 1.54) is 11.3 Å². The van der Waals surface area contributed by atoms with Crippen molar-refractivity contribution in [1.29, 1.82) is 0 Å². The van der Waals surface area contributed by atoms with Crippen LogP contribution in [0.3, 0.4) is 0 Å². The van der Waals surface area contributed by atoms with Gasteiger partial charge in [0.1, 0.15) is 0 Å². The molecule has 6 heteroatoms. The fourth-order valence-electron chi connectivity index (χ4n) is 1.57. The number of aliphatic hydroxyl groups is 1. The molecule has 2 amide bonds. The molecule has 0 aliphatic carbocycles. The maximum atomic E-state index is 11.7. The van der Waals surface area contributed by atoms with E-state index in [1.54, 1.807) is 6.07 Å². The molecule has 0 aliphatic heterocycles. The molecule has 5 nitrogen and oxygen atoms in total. The van der Waals surface area contributed by atoms with Crippen LogP contribution in [-0.2, 0) is 4.79 Å². The molecule has 0 unspecified atom stereocenters. The molecule has 0 fully saturated rings. The summed E-state index contributed by atoms with van der Waals surface area (Å²) < 4.78 is 0. The molecule has 0 radical (unpaired) electrons. The summed E-state index contributed by atoms with van der Waals surface area (Å²) in [6.45, 7) is 4.04.